The van der Waals surface area contributed by atoms with Gasteiger partial charge in [0, 0.05) is 12.4 Å². The van der Waals surface area contributed by atoms with E-state index in [1.165, 1.54) is 0 Å². The molecule has 0 aromatic carbocycles. The molecule has 4 heteroatoms. The molecule has 0 aromatic rings. The average Bonchev–Trinajstić information content (AvgIpc) is 2.35. The summed E-state index contributed by atoms with van der Waals surface area (Å²) in [6, 6.07) is 0. The third-order valence-electron chi connectivity index (χ3n) is 1.91. The molecule has 1 fully saturated rings. The van der Waals surface area contributed by atoms with Crippen LogP contribution in [0, 0.1) is 5.41 Å². The van der Waals surface area contributed by atoms with E-state index in [-0.39, 0.29) is 12.4 Å². The summed E-state index contributed by atoms with van der Waals surface area (Å²) in [4.78, 5) is 0. The van der Waals surface area contributed by atoms with Crippen LogP contribution < -0.4 is 0 Å². The Labute approximate surface area is 64.2 Å². The standard InChI is InChI=1S/C6H10F2OS/c7-5(8)6(4-10)1-2-9-3-6/h5,10H,1-4H2. The van der Waals surface area contributed by atoms with Gasteiger partial charge in [0.05, 0.1) is 12.0 Å². The summed E-state index contributed by atoms with van der Waals surface area (Å²) in [5.74, 6) is 0.213. The van der Waals surface area contributed by atoms with E-state index < -0.39 is 11.8 Å². The number of halogens is 2. The van der Waals surface area contributed by atoms with Crippen molar-refractivity contribution in [3.63, 3.8) is 0 Å². The van der Waals surface area contributed by atoms with Crippen LogP contribution in [0.3, 0.4) is 0 Å². The second-order valence-corrected chi connectivity index (χ2v) is 2.94. The van der Waals surface area contributed by atoms with Crippen molar-refractivity contribution >= 4 is 12.6 Å². The maximum Gasteiger partial charge on any atom is 0.247 e. The molecule has 0 aliphatic carbocycles. The molecule has 1 heterocycles. The fourth-order valence-corrected chi connectivity index (χ4v) is 1.38. The largest absolute Gasteiger partial charge is 0.381 e. The lowest BCUT2D eigenvalue weighted by Gasteiger charge is -2.23. The molecule has 1 aliphatic heterocycles. The lowest BCUT2D eigenvalue weighted by atomic mass is 9.90. The van der Waals surface area contributed by atoms with Gasteiger partial charge in [-0.05, 0) is 6.42 Å². The molecule has 1 saturated heterocycles. The monoisotopic (exact) mass is 168 g/mol. The van der Waals surface area contributed by atoms with Crippen LogP contribution in [-0.2, 0) is 4.74 Å². The molecule has 0 spiro atoms. The van der Waals surface area contributed by atoms with Crippen LogP contribution in [0.1, 0.15) is 6.42 Å². The van der Waals surface area contributed by atoms with E-state index in [0.29, 0.717) is 13.0 Å². The zero-order valence-corrected chi connectivity index (χ0v) is 6.41. The van der Waals surface area contributed by atoms with E-state index in [4.69, 9.17) is 4.74 Å². The highest BCUT2D eigenvalue weighted by molar-refractivity contribution is 7.80. The van der Waals surface area contributed by atoms with E-state index in [2.05, 4.69) is 12.6 Å². The van der Waals surface area contributed by atoms with Crippen LogP contribution in [0.15, 0.2) is 0 Å². The molecule has 10 heavy (non-hydrogen) atoms. The molecule has 0 N–H and O–H groups in total. The Balaban J connectivity index is 2.58. The predicted molar refractivity (Wildman–Crippen MR) is 37.7 cm³/mol. The SMILES string of the molecule is FC(F)C1(CS)CCOC1. The first-order valence-electron chi connectivity index (χ1n) is 3.18. The third kappa shape index (κ3) is 1.27. The number of ether oxygens (including phenoxy) is 1. The van der Waals surface area contributed by atoms with Crippen molar-refractivity contribution in [3.05, 3.63) is 0 Å². The summed E-state index contributed by atoms with van der Waals surface area (Å²) < 4.78 is 29.4. The van der Waals surface area contributed by atoms with E-state index in [0.717, 1.165) is 0 Å². The normalized spacial score (nSPS) is 33.6. The zero-order valence-electron chi connectivity index (χ0n) is 5.52. The number of rotatable bonds is 2. The van der Waals surface area contributed by atoms with Crippen LogP contribution in [-0.4, -0.2) is 25.4 Å². The third-order valence-corrected chi connectivity index (χ3v) is 2.54. The summed E-state index contributed by atoms with van der Waals surface area (Å²) in [5, 5.41) is 0. The molecule has 60 valence electrons. The summed E-state index contributed by atoms with van der Waals surface area (Å²) >= 11 is 3.88. The Bertz CT molecular complexity index is 112. The second-order valence-electron chi connectivity index (χ2n) is 2.62. The summed E-state index contributed by atoms with van der Waals surface area (Å²) in [7, 11) is 0. The van der Waals surface area contributed by atoms with Crippen molar-refractivity contribution in [2.75, 3.05) is 19.0 Å². The van der Waals surface area contributed by atoms with Crippen molar-refractivity contribution in [2.45, 2.75) is 12.8 Å². The van der Waals surface area contributed by atoms with Gasteiger partial charge in [0.2, 0.25) is 6.43 Å². The minimum atomic E-state index is -2.30. The molecule has 1 nitrogen and oxygen atoms in total. The van der Waals surface area contributed by atoms with Gasteiger partial charge in [-0.2, -0.15) is 12.6 Å². The fraction of sp³-hybridized carbons (Fsp3) is 1.00. The van der Waals surface area contributed by atoms with Crippen LogP contribution >= 0.6 is 12.6 Å². The van der Waals surface area contributed by atoms with Crippen molar-refractivity contribution in [1.82, 2.24) is 0 Å². The average molecular weight is 168 g/mol. The number of alkyl halides is 2. The molecule has 1 aliphatic rings. The maximum absolute atomic E-state index is 12.3. The van der Waals surface area contributed by atoms with Gasteiger partial charge in [-0.25, -0.2) is 8.78 Å². The molecule has 0 saturated carbocycles. The number of thiol groups is 1. The lowest BCUT2D eigenvalue weighted by Crippen LogP contribution is -2.31. The Hall–Kier alpha value is 0.170. The summed E-state index contributed by atoms with van der Waals surface area (Å²) in [6.45, 7) is 0.610. The van der Waals surface area contributed by atoms with Crippen LogP contribution in [0.2, 0.25) is 0 Å². The quantitative estimate of drug-likeness (QED) is 0.616. The highest BCUT2D eigenvalue weighted by atomic mass is 32.1. The van der Waals surface area contributed by atoms with Gasteiger partial charge in [-0.15, -0.1) is 0 Å². The van der Waals surface area contributed by atoms with Crippen molar-refractivity contribution < 1.29 is 13.5 Å². The molecular weight excluding hydrogens is 158 g/mol. The first-order chi connectivity index (χ1) is 4.71. The molecule has 1 atom stereocenters. The smallest absolute Gasteiger partial charge is 0.247 e. The number of hydrogen-bond donors (Lipinski definition) is 1. The van der Waals surface area contributed by atoms with Crippen molar-refractivity contribution in [3.8, 4) is 0 Å². The summed E-state index contributed by atoms with van der Waals surface area (Å²) in [6.07, 6.45) is -1.86. The Kier molecular flexibility index (Phi) is 2.52. The molecular formula is C6H10F2OS. The van der Waals surface area contributed by atoms with Gasteiger partial charge in [0.15, 0.2) is 0 Å². The zero-order chi connectivity index (χ0) is 7.61. The Morgan fingerprint density at radius 1 is 1.60 bits per heavy atom. The Morgan fingerprint density at radius 3 is 2.50 bits per heavy atom. The molecule has 1 rings (SSSR count). The minimum Gasteiger partial charge on any atom is -0.381 e. The second kappa shape index (κ2) is 3.05. The van der Waals surface area contributed by atoms with Crippen molar-refractivity contribution in [1.29, 1.82) is 0 Å². The molecule has 0 radical (unpaired) electrons. The topological polar surface area (TPSA) is 9.23 Å². The molecule has 0 bridgehead atoms. The van der Waals surface area contributed by atoms with Crippen molar-refractivity contribution in [2.24, 2.45) is 5.41 Å². The highest BCUT2D eigenvalue weighted by Crippen LogP contribution is 2.35. The first-order valence-corrected chi connectivity index (χ1v) is 3.81. The molecule has 1 unspecified atom stereocenters. The van der Waals surface area contributed by atoms with E-state index in [1.54, 1.807) is 0 Å². The highest BCUT2D eigenvalue weighted by Gasteiger charge is 2.42. The van der Waals surface area contributed by atoms with Gasteiger partial charge in [-0.3, -0.25) is 0 Å². The van der Waals surface area contributed by atoms with Gasteiger partial charge in [-0.1, -0.05) is 0 Å². The molecule has 0 aromatic heterocycles. The first kappa shape index (κ1) is 8.27. The maximum atomic E-state index is 12.3. The van der Waals surface area contributed by atoms with Crippen LogP contribution in [0.25, 0.3) is 0 Å². The van der Waals surface area contributed by atoms with Gasteiger partial charge < -0.3 is 4.74 Å². The van der Waals surface area contributed by atoms with Crippen LogP contribution in [0.4, 0.5) is 8.78 Å². The van der Waals surface area contributed by atoms with Gasteiger partial charge in [0.25, 0.3) is 0 Å². The van der Waals surface area contributed by atoms with Gasteiger partial charge in [0.1, 0.15) is 0 Å². The van der Waals surface area contributed by atoms with E-state index in [9.17, 15) is 8.78 Å². The lowest BCUT2D eigenvalue weighted by molar-refractivity contribution is 0.00404. The van der Waals surface area contributed by atoms with E-state index >= 15 is 0 Å². The summed E-state index contributed by atoms with van der Waals surface area (Å²) in [5.41, 5.74) is -0.955. The predicted octanol–water partition coefficient (Wildman–Crippen LogP) is 1.59. The fourth-order valence-electron chi connectivity index (χ4n) is 0.989. The minimum absolute atomic E-state index is 0.161. The Morgan fingerprint density at radius 2 is 2.30 bits per heavy atom. The van der Waals surface area contributed by atoms with E-state index in [1.807, 2.05) is 0 Å². The van der Waals surface area contributed by atoms with Crippen LogP contribution in [0.5, 0.6) is 0 Å². The molecule has 0 amide bonds. The number of hydrogen-bond acceptors (Lipinski definition) is 2. The van der Waals surface area contributed by atoms with Gasteiger partial charge >= 0.3 is 0 Å².